The summed E-state index contributed by atoms with van der Waals surface area (Å²) in [6.45, 7) is 5.79. The maximum absolute atomic E-state index is 11.7. The fraction of sp³-hybridized carbons (Fsp3) is 0.538. The lowest BCUT2D eigenvalue weighted by Crippen LogP contribution is -2.35. The summed E-state index contributed by atoms with van der Waals surface area (Å²) in [6.07, 6.45) is 4.61. The minimum absolute atomic E-state index is 0.0166. The highest BCUT2D eigenvalue weighted by Crippen LogP contribution is 2.11. The average Bonchev–Trinajstić information content (AvgIpc) is 2.27. The average molecular weight is 235 g/mol. The molecule has 1 heterocycles. The molecule has 0 spiro atoms. The molecule has 0 aliphatic rings. The van der Waals surface area contributed by atoms with Crippen molar-refractivity contribution < 1.29 is 4.79 Å². The highest BCUT2D eigenvalue weighted by Gasteiger charge is 2.15. The van der Waals surface area contributed by atoms with E-state index in [9.17, 15) is 4.79 Å². The van der Waals surface area contributed by atoms with Crippen molar-refractivity contribution >= 4 is 5.91 Å². The Morgan fingerprint density at radius 3 is 2.82 bits per heavy atom. The van der Waals surface area contributed by atoms with Gasteiger partial charge in [0.25, 0.3) is 0 Å². The van der Waals surface area contributed by atoms with E-state index in [1.807, 2.05) is 32.9 Å². The normalized spacial score (nSPS) is 13.2. The summed E-state index contributed by atoms with van der Waals surface area (Å²) >= 11 is 0. The van der Waals surface area contributed by atoms with Gasteiger partial charge in [0.15, 0.2) is 0 Å². The minimum atomic E-state index is -0.297. The van der Waals surface area contributed by atoms with Crippen LogP contribution in [0.5, 0.6) is 0 Å². The van der Waals surface area contributed by atoms with E-state index in [0.29, 0.717) is 12.8 Å². The Morgan fingerprint density at radius 1 is 1.59 bits per heavy atom. The molecule has 0 radical (unpaired) electrons. The standard InChI is InChI=1S/C13H21N3O/c1-10(11-5-4-8-15-9-11)16-12(17)6-7-13(2,3)14/h4-5,8-10H,6-7,14H2,1-3H3,(H,16,17)/t10-/m0/s1. The summed E-state index contributed by atoms with van der Waals surface area (Å²) in [5.74, 6) is 0.0277. The first-order chi connectivity index (χ1) is 7.88. The van der Waals surface area contributed by atoms with Crippen molar-refractivity contribution in [2.45, 2.75) is 45.2 Å². The molecule has 0 bridgehead atoms. The molecule has 1 amide bonds. The molecule has 94 valence electrons. The molecule has 0 aliphatic carbocycles. The number of aromatic nitrogens is 1. The van der Waals surface area contributed by atoms with E-state index in [0.717, 1.165) is 5.56 Å². The van der Waals surface area contributed by atoms with Crippen LogP contribution in [0, 0.1) is 0 Å². The van der Waals surface area contributed by atoms with Gasteiger partial charge in [-0.25, -0.2) is 0 Å². The maximum Gasteiger partial charge on any atom is 0.220 e. The van der Waals surface area contributed by atoms with Gasteiger partial charge in [-0.3, -0.25) is 9.78 Å². The van der Waals surface area contributed by atoms with E-state index in [2.05, 4.69) is 10.3 Å². The number of nitrogens with one attached hydrogen (secondary N) is 1. The Kier molecular flexibility index (Phi) is 4.63. The zero-order valence-electron chi connectivity index (χ0n) is 10.7. The van der Waals surface area contributed by atoms with Crippen molar-refractivity contribution in [1.29, 1.82) is 0 Å². The number of carbonyl (C=O) groups is 1. The molecule has 0 unspecified atom stereocenters. The Bertz CT molecular complexity index is 357. The molecule has 0 fully saturated rings. The second-order valence-electron chi connectivity index (χ2n) is 5.06. The first kappa shape index (κ1) is 13.6. The third kappa shape index (κ3) is 5.45. The third-order valence-corrected chi connectivity index (χ3v) is 2.56. The van der Waals surface area contributed by atoms with Crippen molar-refractivity contribution in [2.75, 3.05) is 0 Å². The van der Waals surface area contributed by atoms with Crippen molar-refractivity contribution in [3.8, 4) is 0 Å². The van der Waals surface area contributed by atoms with E-state index >= 15 is 0 Å². The Morgan fingerprint density at radius 2 is 2.29 bits per heavy atom. The van der Waals surface area contributed by atoms with Crippen molar-refractivity contribution in [2.24, 2.45) is 5.73 Å². The smallest absolute Gasteiger partial charge is 0.220 e. The molecular weight excluding hydrogens is 214 g/mol. The summed E-state index contributed by atoms with van der Waals surface area (Å²) in [6, 6.07) is 3.79. The van der Waals surface area contributed by atoms with Gasteiger partial charge in [-0.15, -0.1) is 0 Å². The zero-order chi connectivity index (χ0) is 12.9. The molecule has 1 atom stereocenters. The molecule has 17 heavy (non-hydrogen) atoms. The van der Waals surface area contributed by atoms with E-state index in [4.69, 9.17) is 5.73 Å². The summed E-state index contributed by atoms with van der Waals surface area (Å²) in [4.78, 5) is 15.7. The predicted molar refractivity (Wildman–Crippen MR) is 68.3 cm³/mol. The molecule has 0 aliphatic heterocycles. The number of nitrogens with two attached hydrogens (primary N) is 1. The fourth-order valence-corrected chi connectivity index (χ4v) is 1.46. The van der Waals surface area contributed by atoms with Crippen LogP contribution in [0.15, 0.2) is 24.5 Å². The summed E-state index contributed by atoms with van der Waals surface area (Å²) in [5.41, 5.74) is 6.55. The third-order valence-electron chi connectivity index (χ3n) is 2.56. The number of pyridine rings is 1. The molecular formula is C13H21N3O. The molecule has 0 saturated carbocycles. The van der Waals surface area contributed by atoms with Crippen molar-refractivity contribution in [3.63, 3.8) is 0 Å². The van der Waals surface area contributed by atoms with Crippen LogP contribution in [0.25, 0.3) is 0 Å². The van der Waals surface area contributed by atoms with Gasteiger partial charge in [0.05, 0.1) is 6.04 Å². The summed E-state index contributed by atoms with van der Waals surface area (Å²) in [7, 11) is 0. The van der Waals surface area contributed by atoms with E-state index in [1.54, 1.807) is 12.4 Å². The largest absolute Gasteiger partial charge is 0.350 e. The molecule has 0 aromatic carbocycles. The van der Waals surface area contributed by atoms with Crippen LogP contribution in [0.3, 0.4) is 0 Å². The summed E-state index contributed by atoms with van der Waals surface area (Å²) < 4.78 is 0. The zero-order valence-corrected chi connectivity index (χ0v) is 10.7. The van der Waals surface area contributed by atoms with Gasteiger partial charge in [-0.05, 0) is 38.8 Å². The molecule has 1 rings (SSSR count). The number of hydrogen-bond donors (Lipinski definition) is 2. The van der Waals surface area contributed by atoms with E-state index < -0.39 is 0 Å². The second-order valence-corrected chi connectivity index (χ2v) is 5.06. The van der Waals surface area contributed by atoms with Gasteiger partial charge < -0.3 is 11.1 Å². The quantitative estimate of drug-likeness (QED) is 0.817. The number of carbonyl (C=O) groups excluding carboxylic acids is 1. The Labute approximate surface area is 103 Å². The van der Waals surface area contributed by atoms with Crippen molar-refractivity contribution in [1.82, 2.24) is 10.3 Å². The van der Waals surface area contributed by atoms with E-state index in [1.165, 1.54) is 0 Å². The highest BCUT2D eigenvalue weighted by molar-refractivity contribution is 5.76. The van der Waals surface area contributed by atoms with Gasteiger partial charge >= 0.3 is 0 Å². The van der Waals surface area contributed by atoms with Crippen LogP contribution in [0.2, 0.25) is 0 Å². The molecule has 1 aromatic rings. The van der Waals surface area contributed by atoms with Gasteiger partial charge in [-0.2, -0.15) is 0 Å². The number of hydrogen-bond acceptors (Lipinski definition) is 3. The Hall–Kier alpha value is -1.42. The van der Waals surface area contributed by atoms with Gasteiger partial charge in [0.1, 0.15) is 0 Å². The SMILES string of the molecule is C[C@H](NC(=O)CCC(C)(C)N)c1cccnc1. The molecule has 1 aromatic heterocycles. The summed E-state index contributed by atoms with van der Waals surface area (Å²) in [5, 5.41) is 2.93. The molecule has 3 N–H and O–H groups in total. The fourth-order valence-electron chi connectivity index (χ4n) is 1.46. The monoisotopic (exact) mass is 235 g/mol. The van der Waals surface area contributed by atoms with Gasteiger partial charge in [-0.1, -0.05) is 6.07 Å². The van der Waals surface area contributed by atoms with E-state index in [-0.39, 0.29) is 17.5 Å². The first-order valence-corrected chi connectivity index (χ1v) is 5.87. The number of nitrogens with zero attached hydrogens (tertiary/aromatic N) is 1. The lowest BCUT2D eigenvalue weighted by molar-refractivity contribution is -0.122. The van der Waals surface area contributed by atoms with Crippen LogP contribution in [0.1, 0.15) is 45.2 Å². The first-order valence-electron chi connectivity index (χ1n) is 5.87. The second kappa shape index (κ2) is 5.77. The van der Waals surface area contributed by atoms with Crippen LogP contribution in [0.4, 0.5) is 0 Å². The molecule has 0 saturated heterocycles. The Balaban J connectivity index is 2.42. The van der Waals surface area contributed by atoms with Crippen LogP contribution in [-0.4, -0.2) is 16.4 Å². The number of rotatable bonds is 5. The topological polar surface area (TPSA) is 68.0 Å². The minimum Gasteiger partial charge on any atom is -0.350 e. The maximum atomic E-state index is 11.7. The van der Waals surface area contributed by atoms with Gasteiger partial charge in [0.2, 0.25) is 5.91 Å². The van der Waals surface area contributed by atoms with Crippen molar-refractivity contribution in [3.05, 3.63) is 30.1 Å². The predicted octanol–water partition coefficient (Wildman–Crippen LogP) is 1.78. The lowest BCUT2D eigenvalue weighted by Gasteiger charge is -2.19. The molecule has 4 heteroatoms. The number of amides is 1. The lowest BCUT2D eigenvalue weighted by atomic mass is 10.00. The molecule has 4 nitrogen and oxygen atoms in total. The van der Waals surface area contributed by atoms with Crippen LogP contribution in [-0.2, 0) is 4.79 Å². The van der Waals surface area contributed by atoms with Crippen LogP contribution >= 0.6 is 0 Å². The van der Waals surface area contributed by atoms with Gasteiger partial charge in [0, 0.05) is 24.4 Å². The highest BCUT2D eigenvalue weighted by atomic mass is 16.1. The van der Waals surface area contributed by atoms with Crippen LogP contribution < -0.4 is 11.1 Å².